The minimum Gasteiger partial charge on any atom is -0.493 e. The van der Waals surface area contributed by atoms with Crippen LogP contribution in [0.1, 0.15) is 32.1 Å². The second-order valence-corrected chi connectivity index (χ2v) is 4.70. The first-order valence-electron chi connectivity index (χ1n) is 6.96. The summed E-state index contributed by atoms with van der Waals surface area (Å²) in [6.45, 7) is 0.745. The fourth-order valence-electron chi connectivity index (χ4n) is 2.19. The van der Waals surface area contributed by atoms with Crippen molar-refractivity contribution in [3.8, 4) is 5.75 Å². The quantitative estimate of drug-likeness (QED) is 0.518. The second-order valence-electron chi connectivity index (χ2n) is 4.70. The zero-order valence-electron chi connectivity index (χ0n) is 11.2. The van der Waals surface area contributed by atoms with Gasteiger partial charge in [0.15, 0.2) is 0 Å². The van der Waals surface area contributed by atoms with E-state index in [0.717, 1.165) is 44.3 Å². The van der Waals surface area contributed by atoms with E-state index >= 15 is 0 Å². The molecule has 0 atom stereocenters. The molecule has 0 aliphatic carbocycles. The number of benzene rings is 2. The molecule has 2 aromatic rings. The Morgan fingerprint density at radius 3 is 2.58 bits per heavy atom. The molecule has 0 bridgehead atoms. The summed E-state index contributed by atoms with van der Waals surface area (Å²) in [7, 11) is 0. The Hall–Kier alpha value is -1.83. The van der Waals surface area contributed by atoms with Crippen LogP contribution in [0.15, 0.2) is 42.5 Å². The maximum Gasteiger partial charge on any atom is 0.127 e. The van der Waals surface area contributed by atoms with Gasteiger partial charge in [-0.2, -0.15) is 0 Å². The monoisotopic (exact) mass is 256 g/mol. The molecule has 2 rings (SSSR count). The van der Waals surface area contributed by atoms with E-state index in [2.05, 4.69) is 18.2 Å². The molecule has 0 fully saturated rings. The van der Waals surface area contributed by atoms with Crippen molar-refractivity contribution in [3.63, 3.8) is 0 Å². The van der Waals surface area contributed by atoms with E-state index in [9.17, 15) is 4.79 Å². The number of ether oxygens (including phenoxy) is 1. The van der Waals surface area contributed by atoms with Crippen LogP contribution in [0.5, 0.6) is 5.75 Å². The molecule has 2 heteroatoms. The molecule has 0 spiro atoms. The van der Waals surface area contributed by atoms with Crippen molar-refractivity contribution in [2.24, 2.45) is 0 Å². The highest BCUT2D eigenvalue weighted by molar-refractivity contribution is 5.88. The molecule has 100 valence electrons. The first-order valence-corrected chi connectivity index (χ1v) is 6.96. The summed E-state index contributed by atoms with van der Waals surface area (Å²) in [5.41, 5.74) is 0. The van der Waals surface area contributed by atoms with Crippen molar-refractivity contribution in [1.29, 1.82) is 0 Å². The molecule has 2 nitrogen and oxygen atoms in total. The molecule has 0 saturated heterocycles. The number of rotatable bonds is 8. The molecule has 0 radical (unpaired) electrons. The Labute approximate surface area is 114 Å². The van der Waals surface area contributed by atoms with Crippen LogP contribution in [-0.2, 0) is 4.79 Å². The van der Waals surface area contributed by atoms with E-state index in [4.69, 9.17) is 4.74 Å². The minimum atomic E-state index is 0.685. The summed E-state index contributed by atoms with van der Waals surface area (Å²) in [6.07, 6.45) is 5.95. The van der Waals surface area contributed by atoms with Crippen LogP contribution in [0.25, 0.3) is 10.8 Å². The number of hydrogen-bond acceptors (Lipinski definition) is 2. The van der Waals surface area contributed by atoms with E-state index in [0.29, 0.717) is 6.42 Å². The summed E-state index contributed by atoms with van der Waals surface area (Å²) < 4.78 is 5.86. The Morgan fingerprint density at radius 1 is 0.895 bits per heavy atom. The summed E-state index contributed by atoms with van der Waals surface area (Å²) in [4.78, 5) is 10.2. The normalized spacial score (nSPS) is 10.5. The largest absolute Gasteiger partial charge is 0.493 e. The predicted octanol–water partition coefficient (Wildman–Crippen LogP) is 4.37. The van der Waals surface area contributed by atoms with Gasteiger partial charge >= 0.3 is 0 Å². The summed E-state index contributed by atoms with van der Waals surface area (Å²) in [5, 5.41) is 2.39. The van der Waals surface area contributed by atoms with Crippen LogP contribution < -0.4 is 4.74 Å². The molecule has 2 aromatic carbocycles. The van der Waals surface area contributed by atoms with Gasteiger partial charge in [-0.05, 0) is 24.3 Å². The lowest BCUT2D eigenvalue weighted by Crippen LogP contribution is -1.97. The van der Waals surface area contributed by atoms with Crippen molar-refractivity contribution in [1.82, 2.24) is 0 Å². The summed E-state index contributed by atoms with van der Waals surface area (Å²) in [6, 6.07) is 14.4. The first kappa shape index (κ1) is 13.6. The van der Waals surface area contributed by atoms with E-state index in [1.165, 1.54) is 10.8 Å². The van der Waals surface area contributed by atoms with Gasteiger partial charge in [0.05, 0.1) is 6.61 Å². The van der Waals surface area contributed by atoms with E-state index in [1.807, 2.05) is 24.3 Å². The number of carbonyl (C=O) groups is 1. The van der Waals surface area contributed by atoms with Crippen LogP contribution in [0.4, 0.5) is 0 Å². The van der Waals surface area contributed by atoms with Crippen molar-refractivity contribution in [2.45, 2.75) is 32.1 Å². The van der Waals surface area contributed by atoms with Gasteiger partial charge in [-0.1, -0.05) is 49.2 Å². The maximum atomic E-state index is 10.2. The molecule has 19 heavy (non-hydrogen) atoms. The average Bonchev–Trinajstić information content (AvgIpc) is 2.46. The van der Waals surface area contributed by atoms with Gasteiger partial charge in [0, 0.05) is 11.8 Å². The Balaban J connectivity index is 1.80. The van der Waals surface area contributed by atoms with Crippen molar-refractivity contribution >= 4 is 17.1 Å². The van der Waals surface area contributed by atoms with Crippen LogP contribution in [-0.4, -0.2) is 12.9 Å². The van der Waals surface area contributed by atoms with Crippen molar-refractivity contribution in [3.05, 3.63) is 42.5 Å². The molecule has 0 aromatic heterocycles. The van der Waals surface area contributed by atoms with Crippen molar-refractivity contribution < 1.29 is 9.53 Å². The van der Waals surface area contributed by atoms with Gasteiger partial charge in [-0.15, -0.1) is 0 Å². The third-order valence-corrected chi connectivity index (χ3v) is 3.22. The Bertz CT molecular complexity index is 514. The lowest BCUT2D eigenvalue weighted by atomic mass is 10.1. The molecule has 0 N–H and O–H groups in total. The fraction of sp³-hybridized carbons (Fsp3) is 0.353. The van der Waals surface area contributed by atoms with E-state index in [-0.39, 0.29) is 0 Å². The highest BCUT2D eigenvalue weighted by Gasteiger charge is 2.00. The van der Waals surface area contributed by atoms with Crippen molar-refractivity contribution in [2.75, 3.05) is 6.61 Å². The van der Waals surface area contributed by atoms with Gasteiger partial charge in [0.1, 0.15) is 12.0 Å². The third kappa shape index (κ3) is 4.09. The zero-order chi connectivity index (χ0) is 13.3. The fourth-order valence-corrected chi connectivity index (χ4v) is 2.19. The standard InChI is InChI=1S/C17H20O2/c18-13-6-2-1-3-7-14-19-17-12-8-10-15-9-4-5-11-16(15)17/h4-5,8-13H,1-3,6-7,14H2. The van der Waals surface area contributed by atoms with Crippen LogP contribution in [0.3, 0.4) is 0 Å². The molecular formula is C17H20O2. The first-order chi connectivity index (χ1) is 9.42. The minimum absolute atomic E-state index is 0.685. The van der Waals surface area contributed by atoms with Gasteiger partial charge in [-0.25, -0.2) is 0 Å². The number of carbonyl (C=O) groups excluding carboxylic acids is 1. The predicted molar refractivity (Wildman–Crippen MR) is 78.6 cm³/mol. The topological polar surface area (TPSA) is 26.3 Å². The van der Waals surface area contributed by atoms with Gasteiger partial charge < -0.3 is 9.53 Å². The Kier molecular flexibility index (Phi) is 5.42. The molecule has 0 aliphatic rings. The van der Waals surface area contributed by atoms with Gasteiger partial charge in [0.25, 0.3) is 0 Å². The lowest BCUT2D eigenvalue weighted by Gasteiger charge is -2.09. The van der Waals surface area contributed by atoms with Gasteiger partial charge in [0.2, 0.25) is 0 Å². The van der Waals surface area contributed by atoms with E-state index < -0.39 is 0 Å². The summed E-state index contributed by atoms with van der Waals surface area (Å²) >= 11 is 0. The van der Waals surface area contributed by atoms with Gasteiger partial charge in [-0.3, -0.25) is 0 Å². The maximum absolute atomic E-state index is 10.2. The highest BCUT2D eigenvalue weighted by Crippen LogP contribution is 2.25. The lowest BCUT2D eigenvalue weighted by molar-refractivity contribution is -0.107. The molecular weight excluding hydrogens is 236 g/mol. The number of unbranched alkanes of at least 4 members (excludes halogenated alkanes) is 4. The molecule has 0 heterocycles. The second kappa shape index (κ2) is 7.57. The van der Waals surface area contributed by atoms with Crippen LogP contribution in [0.2, 0.25) is 0 Å². The molecule has 0 amide bonds. The molecule has 0 unspecified atom stereocenters. The van der Waals surface area contributed by atoms with Crippen LogP contribution in [0, 0.1) is 0 Å². The zero-order valence-corrected chi connectivity index (χ0v) is 11.2. The number of aldehydes is 1. The average molecular weight is 256 g/mol. The smallest absolute Gasteiger partial charge is 0.127 e. The third-order valence-electron chi connectivity index (χ3n) is 3.22. The number of hydrogen-bond donors (Lipinski definition) is 0. The van der Waals surface area contributed by atoms with E-state index in [1.54, 1.807) is 0 Å². The van der Waals surface area contributed by atoms with Crippen LogP contribution >= 0.6 is 0 Å². The summed E-state index contributed by atoms with van der Waals surface area (Å²) in [5.74, 6) is 0.964. The Morgan fingerprint density at radius 2 is 1.68 bits per heavy atom. The molecule has 0 aliphatic heterocycles. The SMILES string of the molecule is O=CCCCCCCOc1cccc2ccccc12. The number of fused-ring (bicyclic) bond motifs is 1. The highest BCUT2D eigenvalue weighted by atomic mass is 16.5. The molecule has 0 saturated carbocycles.